The van der Waals surface area contributed by atoms with Crippen molar-refractivity contribution in [2.75, 3.05) is 14.2 Å². The lowest BCUT2D eigenvalue weighted by atomic mass is 10.1. The van der Waals surface area contributed by atoms with Crippen molar-refractivity contribution in [3.05, 3.63) is 57.8 Å². The molecule has 0 spiro atoms. The number of methoxy groups -OCH3 is 2. The number of ether oxygens (including phenoxy) is 2. The summed E-state index contributed by atoms with van der Waals surface area (Å²) in [4.78, 5) is 14.8. The first kappa shape index (κ1) is 14.5. The Labute approximate surface area is 121 Å². The number of hydrogen-bond donors (Lipinski definition) is 0. The van der Waals surface area contributed by atoms with E-state index >= 15 is 0 Å². The lowest BCUT2D eigenvalue weighted by molar-refractivity contribution is -0.385. The molecule has 21 heavy (non-hydrogen) atoms. The minimum atomic E-state index is -0.432. The average molecular weight is 286 g/mol. The summed E-state index contributed by atoms with van der Waals surface area (Å²) in [6, 6.07) is 9.88. The SMILES string of the molecule is COc1ccc([N+](=O)[O-])c(C=Cc2cccc(OC)n2)c1. The molecule has 0 bridgehead atoms. The van der Waals surface area contributed by atoms with E-state index in [0.29, 0.717) is 22.9 Å². The second-order valence-electron chi connectivity index (χ2n) is 4.12. The van der Waals surface area contributed by atoms with Gasteiger partial charge >= 0.3 is 0 Å². The Bertz CT molecular complexity index is 683. The largest absolute Gasteiger partial charge is 0.497 e. The minimum absolute atomic E-state index is 0.00921. The second-order valence-corrected chi connectivity index (χ2v) is 4.12. The van der Waals surface area contributed by atoms with Gasteiger partial charge in [0.25, 0.3) is 5.69 Å². The maximum Gasteiger partial charge on any atom is 0.276 e. The van der Waals surface area contributed by atoms with Crippen LogP contribution in [0.25, 0.3) is 12.2 Å². The third kappa shape index (κ3) is 3.56. The predicted octanol–water partition coefficient (Wildman–Crippen LogP) is 3.18. The third-order valence-electron chi connectivity index (χ3n) is 2.82. The van der Waals surface area contributed by atoms with E-state index in [9.17, 15) is 10.1 Å². The molecule has 2 aromatic rings. The van der Waals surface area contributed by atoms with E-state index in [1.807, 2.05) is 0 Å². The molecule has 108 valence electrons. The molecule has 0 radical (unpaired) electrons. The summed E-state index contributed by atoms with van der Waals surface area (Å²) in [5.74, 6) is 1.04. The van der Waals surface area contributed by atoms with Crippen molar-refractivity contribution in [2.45, 2.75) is 0 Å². The fourth-order valence-electron chi connectivity index (χ4n) is 1.77. The first-order valence-electron chi connectivity index (χ1n) is 6.15. The van der Waals surface area contributed by atoms with Crippen LogP contribution in [-0.2, 0) is 0 Å². The van der Waals surface area contributed by atoms with Gasteiger partial charge in [0.2, 0.25) is 5.88 Å². The topological polar surface area (TPSA) is 74.5 Å². The van der Waals surface area contributed by atoms with Crippen LogP contribution in [-0.4, -0.2) is 24.1 Å². The van der Waals surface area contributed by atoms with E-state index in [1.165, 1.54) is 20.3 Å². The molecule has 0 N–H and O–H groups in total. The second kappa shape index (κ2) is 6.51. The summed E-state index contributed by atoms with van der Waals surface area (Å²) in [5.41, 5.74) is 1.10. The average Bonchev–Trinajstić information content (AvgIpc) is 2.52. The molecule has 0 unspecified atom stereocenters. The van der Waals surface area contributed by atoms with Gasteiger partial charge in [-0.1, -0.05) is 6.07 Å². The molecule has 0 amide bonds. The van der Waals surface area contributed by atoms with Crippen LogP contribution in [0, 0.1) is 10.1 Å². The standard InChI is InChI=1S/C15H14N2O4/c1-20-13-8-9-14(17(18)19)11(10-13)6-7-12-4-3-5-15(16-12)21-2/h3-10H,1-2H3. The Balaban J connectivity index is 2.36. The molecule has 6 nitrogen and oxygen atoms in total. The highest BCUT2D eigenvalue weighted by atomic mass is 16.6. The Morgan fingerprint density at radius 1 is 1.14 bits per heavy atom. The van der Waals surface area contributed by atoms with E-state index in [1.54, 1.807) is 42.5 Å². The summed E-state index contributed by atoms with van der Waals surface area (Å²) in [5, 5.41) is 11.0. The van der Waals surface area contributed by atoms with Crippen molar-refractivity contribution in [2.24, 2.45) is 0 Å². The zero-order valence-corrected chi connectivity index (χ0v) is 11.6. The van der Waals surface area contributed by atoms with Gasteiger partial charge in [-0.25, -0.2) is 4.98 Å². The first-order chi connectivity index (χ1) is 10.1. The van der Waals surface area contributed by atoms with Gasteiger partial charge in [-0.15, -0.1) is 0 Å². The van der Waals surface area contributed by atoms with Crippen LogP contribution in [0.5, 0.6) is 11.6 Å². The molecule has 0 fully saturated rings. The summed E-state index contributed by atoms with van der Waals surface area (Å²) in [6.45, 7) is 0. The van der Waals surface area contributed by atoms with Crippen LogP contribution in [0.3, 0.4) is 0 Å². The van der Waals surface area contributed by atoms with E-state index in [-0.39, 0.29) is 5.69 Å². The van der Waals surface area contributed by atoms with Crippen LogP contribution >= 0.6 is 0 Å². The normalized spacial score (nSPS) is 10.6. The van der Waals surface area contributed by atoms with Crippen molar-refractivity contribution < 1.29 is 14.4 Å². The summed E-state index contributed by atoms with van der Waals surface area (Å²) < 4.78 is 10.1. The summed E-state index contributed by atoms with van der Waals surface area (Å²) in [6.07, 6.45) is 3.31. The van der Waals surface area contributed by atoms with Crippen LogP contribution in [0.4, 0.5) is 5.69 Å². The fourth-order valence-corrected chi connectivity index (χ4v) is 1.77. The van der Waals surface area contributed by atoms with Gasteiger partial charge in [-0.05, 0) is 30.4 Å². The van der Waals surface area contributed by atoms with Crippen molar-refractivity contribution in [3.63, 3.8) is 0 Å². The number of benzene rings is 1. The number of nitrogens with zero attached hydrogens (tertiary/aromatic N) is 2. The molecule has 0 atom stereocenters. The van der Waals surface area contributed by atoms with Crippen LogP contribution in [0.2, 0.25) is 0 Å². The van der Waals surface area contributed by atoms with E-state index in [4.69, 9.17) is 9.47 Å². The van der Waals surface area contributed by atoms with E-state index in [2.05, 4.69) is 4.98 Å². The van der Waals surface area contributed by atoms with Gasteiger partial charge in [0.05, 0.1) is 30.4 Å². The lowest BCUT2D eigenvalue weighted by Gasteiger charge is -2.02. The molecule has 6 heteroatoms. The van der Waals surface area contributed by atoms with Gasteiger partial charge in [0.1, 0.15) is 5.75 Å². The Morgan fingerprint density at radius 3 is 2.62 bits per heavy atom. The molecule has 1 heterocycles. The van der Waals surface area contributed by atoms with Gasteiger partial charge in [0.15, 0.2) is 0 Å². The molecular formula is C15H14N2O4. The first-order valence-corrected chi connectivity index (χ1v) is 6.15. The number of nitro benzene ring substituents is 1. The Hall–Kier alpha value is -2.89. The van der Waals surface area contributed by atoms with Crippen molar-refractivity contribution >= 4 is 17.8 Å². The fraction of sp³-hybridized carbons (Fsp3) is 0.133. The minimum Gasteiger partial charge on any atom is -0.497 e. The van der Waals surface area contributed by atoms with E-state index < -0.39 is 4.92 Å². The van der Waals surface area contributed by atoms with Crippen LogP contribution < -0.4 is 9.47 Å². The van der Waals surface area contributed by atoms with Crippen LogP contribution in [0.1, 0.15) is 11.3 Å². The van der Waals surface area contributed by atoms with Crippen molar-refractivity contribution in [1.29, 1.82) is 0 Å². The molecule has 0 aliphatic carbocycles. The molecule has 1 aromatic carbocycles. The molecule has 0 saturated heterocycles. The van der Waals surface area contributed by atoms with E-state index in [0.717, 1.165) is 0 Å². The Kier molecular flexibility index (Phi) is 4.50. The summed E-state index contributed by atoms with van der Waals surface area (Å²) in [7, 11) is 3.04. The molecule has 0 saturated carbocycles. The highest BCUT2D eigenvalue weighted by Crippen LogP contribution is 2.25. The third-order valence-corrected chi connectivity index (χ3v) is 2.82. The molecule has 0 aliphatic rings. The number of hydrogen-bond acceptors (Lipinski definition) is 5. The number of nitro groups is 1. The van der Waals surface area contributed by atoms with Gasteiger partial charge in [-0.2, -0.15) is 0 Å². The highest BCUT2D eigenvalue weighted by molar-refractivity contribution is 5.74. The van der Waals surface area contributed by atoms with Crippen LogP contribution in [0.15, 0.2) is 36.4 Å². The molecular weight excluding hydrogens is 272 g/mol. The maximum atomic E-state index is 11.0. The Morgan fingerprint density at radius 2 is 1.95 bits per heavy atom. The zero-order valence-electron chi connectivity index (χ0n) is 11.6. The summed E-state index contributed by atoms with van der Waals surface area (Å²) >= 11 is 0. The number of aromatic nitrogens is 1. The predicted molar refractivity (Wildman–Crippen MR) is 79.4 cm³/mol. The van der Waals surface area contributed by atoms with Gasteiger partial charge in [-0.3, -0.25) is 10.1 Å². The zero-order chi connectivity index (χ0) is 15.2. The molecule has 1 aromatic heterocycles. The van der Waals surface area contributed by atoms with Crippen molar-refractivity contribution in [3.8, 4) is 11.6 Å². The number of pyridine rings is 1. The highest BCUT2D eigenvalue weighted by Gasteiger charge is 2.12. The van der Waals surface area contributed by atoms with Crippen molar-refractivity contribution in [1.82, 2.24) is 4.98 Å². The van der Waals surface area contributed by atoms with Gasteiger partial charge in [0, 0.05) is 12.1 Å². The smallest absolute Gasteiger partial charge is 0.276 e. The van der Waals surface area contributed by atoms with Gasteiger partial charge < -0.3 is 9.47 Å². The molecule has 2 rings (SSSR count). The lowest BCUT2D eigenvalue weighted by Crippen LogP contribution is -1.93. The molecule has 0 aliphatic heterocycles. The monoisotopic (exact) mass is 286 g/mol. The maximum absolute atomic E-state index is 11.0. The number of rotatable bonds is 5. The quantitative estimate of drug-likeness (QED) is 0.623.